The fourth-order valence-corrected chi connectivity index (χ4v) is 5.36. The summed E-state index contributed by atoms with van der Waals surface area (Å²) in [5, 5.41) is 0. The van der Waals surface area contributed by atoms with Crippen LogP contribution in [0.1, 0.15) is 57.1 Å². The molecule has 144 valence electrons. The lowest BCUT2D eigenvalue weighted by Crippen LogP contribution is -2.29. The molecule has 0 radical (unpaired) electrons. The largest absolute Gasteiger partial charge is 0.459 e. The molecular weight excluding hydrogens is 443 g/mol. The maximum absolute atomic E-state index is 12.6. The van der Waals surface area contributed by atoms with E-state index in [1.807, 2.05) is 31.2 Å². The summed E-state index contributed by atoms with van der Waals surface area (Å²) < 4.78 is 18.1. The van der Waals surface area contributed by atoms with E-state index in [1.54, 1.807) is 7.11 Å². The Kier molecular flexibility index (Phi) is 7.35. The van der Waals surface area contributed by atoms with E-state index in [4.69, 9.17) is 14.2 Å². The van der Waals surface area contributed by atoms with Gasteiger partial charge in [-0.05, 0) is 77.7 Å². The van der Waals surface area contributed by atoms with Crippen LogP contribution >= 0.6 is 22.6 Å². The molecule has 2 aliphatic carbocycles. The molecule has 5 heteroatoms. The first-order valence-corrected chi connectivity index (χ1v) is 10.7. The zero-order chi connectivity index (χ0) is 18.5. The van der Waals surface area contributed by atoms with Gasteiger partial charge in [-0.25, -0.2) is 0 Å². The first-order chi connectivity index (χ1) is 12.6. The second kappa shape index (κ2) is 9.51. The van der Waals surface area contributed by atoms with Crippen LogP contribution in [0.3, 0.4) is 0 Å². The van der Waals surface area contributed by atoms with Crippen molar-refractivity contribution in [1.29, 1.82) is 0 Å². The molecule has 2 saturated carbocycles. The van der Waals surface area contributed by atoms with Gasteiger partial charge in [0.2, 0.25) is 0 Å². The maximum atomic E-state index is 12.6. The molecule has 1 aromatic carbocycles. The quantitative estimate of drug-likeness (QED) is 0.285. The predicted octanol–water partition coefficient (Wildman–Crippen LogP) is 5.10. The number of esters is 1. The molecule has 0 spiro atoms. The van der Waals surface area contributed by atoms with Crippen LogP contribution in [0.4, 0.5) is 0 Å². The Balaban J connectivity index is 1.65. The lowest BCUT2D eigenvalue weighted by molar-refractivity contribution is -0.168. The van der Waals surface area contributed by atoms with Crippen LogP contribution in [0.15, 0.2) is 24.3 Å². The average molecular weight is 472 g/mol. The standard InChI is InChI=1S/C21H29IO4/c1-3-19(21(25-13-24-2)17-6-4-5-7-18(17)22)26-20(23)12-16-11-14-8-9-15(16)10-14/h4-7,14-16,19,21H,3,8-13H2,1-2H3/t14?,15?,16?,19-,21-/m0/s1. The third-order valence-electron chi connectivity index (χ3n) is 5.91. The molecule has 0 saturated heterocycles. The van der Waals surface area contributed by atoms with E-state index in [0.29, 0.717) is 18.8 Å². The highest BCUT2D eigenvalue weighted by Gasteiger charge is 2.41. The molecule has 4 nitrogen and oxygen atoms in total. The molecule has 0 aliphatic heterocycles. The minimum atomic E-state index is -0.308. The molecule has 2 fully saturated rings. The number of hydrogen-bond acceptors (Lipinski definition) is 4. The Morgan fingerprint density at radius 3 is 2.69 bits per heavy atom. The van der Waals surface area contributed by atoms with Crippen LogP contribution in [0.25, 0.3) is 0 Å². The Morgan fingerprint density at radius 2 is 2.08 bits per heavy atom. The van der Waals surface area contributed by atoms with Crippen molar-refractivity contribution in [1.82, 2.24) is 0 Å². The van der Waals surface area contributed by atoms with Crippen LogP contribution < -0.4 is 0 Å². The first-order valence-electron chi connectivity index (χ1n) is 9.66. The smallest absolute Gasteiger partial charge is 0.306 e. The van der Waals surface area contributed by atoms with Gasteiger partial charge in [0.25, 0.3) is 0 Å². The van der Waals surface area contributed by atoms with Crippen molar-refractivity contribution in [3.05, 3.63) is 33.4 Å². The van der Waals surface area contributed by atoms with Crippen LogP contribution in [0.5, 0.6) is 0 Å². The van der Waals surface area contributed by atoms with E-state index in [1.165, 1.54) is 25.7 Å². The highest BCUT2D eigenvalue weighted by Crippen LogP contribution is 2.49. The van der Waals surface area contributed by atoms with E-state index < -0.39 is 0 Å². The summed E-state index contributed by atoms with van der Waals surface area (Å²) in [4.78, 5) is 12.6. The van der Waals surface area contributed by atoms with Crippen LogP contribution in [0, 0.1) is 21.3 Å². The van der Waals surface area contributed by atoms with Gasteiger partial charge in [0, 0.05) is 17.1 Å². The minimum Gasteiger partial charge on any atom is -0.459 e. The van der Waals surface area contributed by atoms with Gasteiger partial charge in [0.05, 0.1) is 0 Å². The van der Waals surface area contributed by atoms with Crippen LogP contribution in [0.2, 0.25) is 0 Å². The Labute approximate surface area is 170 Å². The average Bonchev–Trinajstić information content (AvgIpc) is 3.25. The van der Waals surface area contributed by atoms with Crippen molar-refractivity contribution in [2.24, 2.45) is 17.8 Å². The molecule has 2 bridgehead atoms. The molecule has 5 atom stereocenters. The number of fused-ring (bicyclic) bond motifs is 2. The van der Waals surface area contributed by atoms with Gasteiger partial charge in [-0.1, -0.05) is 31.5 Å². The summed E-state index contributed by atoms with van der Waals surface area (Å²) in [6, 6.07) is 8.07. The fraction of sp³-hybridized carbons (Fsp3) is 0.667. The molecule has 26 heavy (non-hydrogen) atoms. The third kappa shape index (κ3) is 4.78. The number of halogens is 1. The lowest BCUT2D eigenvalue weighted by atomic mass is 9.86. The fourth-order valence-electron chi connectivity index (χ4n) is 4.66. The Morgan fingerprint density at radius 1 is 1.27 bits per heavy atom. The molecule has 0 aromatic heterocycles. The molecule has 0 heterocycles. The molecule has 1 aromatic rings. The normalized spacial score (nSPS) is 26.7. The minimum absolute atomic E-state index is 0.0774. The second-order valence-electron chi connectivity index (χ2n) is 7.59. The Hall–Kier alpha value is -0.660. The van der Waals surface area contributed by atoms with Crippen molar-refractivity contribution in [3.8, 4) is 0 Å². The number of benzene rings is 1. The summed E-state index contributed by atoms with van der Waals surface area (Å²) >= 11 is 2.30. The molecule has 0 N–H and O–H groups in total. The lowest BCUT2D eigenvalue weighted by Gasteiger charge is -2.28. The molecule has 2 aliphatic rings. The van der Waals surface area contributed by atoms with Crippen molar-refractivity contribution >= 4 is 28.6 Å². The highest BCUT2D eigenvalue weighted by molar-refractivity contribution is 14.1. The zero-order valence-corrected chi connectivity index (χ0v) is 17.8. The maximum Gasteiger partial charge on any atom is 0.306 e. The molecule has 3 unspecified atom stereocenters. The van der Waals surface area contributed by atoms with E-state index >= 15 is 0 Å². The van der Waals surface area contributed by atoms with Gasteiger partial charge >= 0.3 is 5.97 Å². The van der Waals surface area contributed by atoms with Crippen molar-refractivity contribution in [3.63, 3.8) is 0 Å². The predicted molar refractivity (Wildman–Crippen MR) is 109 cm³/mol. The number of methoxy groups -OCH3 is 1. The summed E-state index contributed by atoms with van der Waals surface area (Å²) in [6.45, 7) is 2.21. The Bertz CT molecular complexity index is 605. The summed E-state index contributed by atoms with van der Waals surface area (Å²) in [7, 11) is 1.61. The summed E-state index contributed by atoms with van der Waals surface area (Å²) in [6.07, 6.45) is 5.83. The van der Waals surface area contributed by atoms with E-state index in [-0.39, 0.29) is 25.0 Å². The molecule has 0 amide bonds. The monoisotopic (exact) mass is 472 g/mol. The number of carbonyl (C=O) groups is 1. The number of rotatable bonds is 9. The second-order valence-corrected chi connectivity index (χ2v) is 8.75. The molecular formula is C21H29IO4. The van der Waals surface area contributed by atoms with Gasteiger partial charge < -0.3 is 14.2 Å². The van der Waals surface area contributed by atoms with Gasteiger partial charge in [0.15, 0.2) is 0 Å². The zero-order valence-electron chi connectivity index (χ0n) is 15.7. The third-order valence-corrected chi connectivity index (χ3v) is 6.90. The van der Waals surface area contributed by atoms with E-state index in [2.05, 4.69) is 22.6 Å². The van der Waals surface area contributed by atoms with Gasteiger partial charge in [-0.2, -0.15) is 0 Å². The SMILES string of the molecule is CC[C@H](OC(=O)CC1CC2CCC1C2)[C@@H](OCOC)c1ccccc1I. The topological polar surface area (TPSA) is 44.8 Å². The number of ether oxygens (including phenoxy) is 3. The van der Waals surface area contributed by atoms with Crippen molar-refractivity contribution in [2.75, 3.05) is 13.9 Å². The molecule has 3 rings (SSSR count). The van der Waals surface area contributed by atoms with Crippen molar-refractivity contribution in [2.45, 2.75) is 57.7 Å². The van der Waals surface area contributed by atoms with Gasteiger partial charge in [-0.3, -0.25) is 4.79 Å². The first kappa shape index (κ1) is 20.1. The van der Waals surface area contributed by atoms with Crippen LogP contribution in [-0.4, -0.2) is 26.0 Å². The van der Waals surface area contributed by atoms with E-state index in [9.17, 15) is 4.79 Å². The van der Waals surface area contributed by atoms with Crippen LogP contribution in [-0.2, 0) is 19.0 Å². The summed E-state index contributed by atoms with van der Waals surface area (Å²) in [5.41, 5.74) is 1.05. The summed E-state index contributed by atoms with van der Waals surface area (Å²) in [5.74, 6) is 2.03. The van der Waals surface area contributed by atoms with Gasteiger partial charge in [-0.15, -0.1) is 0 Å². The van der Waals surface area contributed by atoms with Crippen molar-refractivity contribution < 1.29 is 19.0 Å². The van der Waals surface area contributed by atoms with Gasteiger partial charge in [0.1, 0.15) is 19.0 Å². The highest BCUT2D eigenvalue weighted by atomic mass is 127. The number of carbonyl (C=O) groups excluding carboxylic acids is 1. The van der Waals surface area contributed by atoms with E-state index in [0.717, 1.165) is 21.0 Å². The number of hydrogen-bond donors (Lipinski definition) is 0.